The normalized spacial score (nSPS) is 14.0. The van der Waals surface area contributed by atoms with E-state index in [1.54, 1.807) is 17.3 Å². The summed E-state index contributed by atoms with van der Waals surface area (Å²) in [5.74, 6) is 0. The summed E-state index contributed by atoms with van der Waals surface area (Å²) in [5.41, 5.74) is 0. The van der Waals surface area contributed by atoms with Crippen LogP contribution in [0.25, 0.3) is 0 Å². The van der Waals surface area contributed by atoms with Crippen molar-refractivity contribution in [1.82, 2.24) is 19.9 Å². The molecule has 2 heterocycles. The van der Waals surface area contributed by atoms with Gasteiger partial charge in [-0.05, 0) is 19.2 Å². The molecule has 1 aromatic heterocycles. The summed E-state index contributed by atoms with van der Waals surface area (Å²) in [6.07, 6.45) is 3.50. The van der Waals surface area contributed by atoms with Crippen LogP contribution in [0, 0.1) is 13.3 Å². The molecular weight excluding hydrogens is 677 g/mol. The molecule has 1 fully saturated rings. The van der Waals surface area contributed by atoms with E-state index in [-0.39, 0.29) is 15.9 Å². The molecule has 146 valence electrons. The first-order chi connectivity index (χ1) is 12.0. The Hall–Kier alpha value is 0.852. The Kier molecular flexibility index (Phi) is 25.7. The van der Waals surface area contributed by atoms with Crippen molar-refractivity contribution in [2.45, 2.75) is 0 Å². The first-order valence-corrected chi connectivity index (χ1v) is 16.4. The summed E-state index contributed by atoms with van der Waals surface area (Å²) >= 11 is -0.661. The molecule has 25 heavy (non-hydrogen) atoms. The van der Waals surface area contributed by atoms with Gasteiger partial charge in [0, 0.05) is 26.5 Å². The number of hydrazine groups is 1. The molecule has 2 aromatic rings. The summed E-state index contributed by atoms with van der Waals surface area (Å²) in [5, 5.41) is 3.64. The molecule has 1 aromatic carbocycles. The molecule has 1 saturated heterocycles. The molecule has 1 aliphatic rings. The quantitative estimate of drug-likeness (QED) is 0.288. The van der Waals surface area contributed by atoms with E-state index in [0.717, 1.165) is 0 Å². The van der Waals surface area contributed by atoms with Gasteiger partial charge in [0.1, 0.15) is 0 Å². The molecule has 0 spiro atoms. The molecule has 3 rings (SSSR count). The molecule has 0 bridgehead atoms. The number of hydrogen-bond acceptors (Lipinski definition) is 4. The fraction of sp³-hybridized carbons (Fsp3) is 0.200. The zero-order valence-corrected chi connectivity index (χ0v) is 20.7. The number of nitrogens with zero attached hydrogens (tertiary/aromatic N) is 4. The fourth-order valence-electron chi connectivity index (χ4n) is 1.22. The smallest absolute Gasteiger partial charge is 0.0267 e. The largest absolute Gasteiger partial charge is 0.265 e. The van der Waals surface area contributed by atoms with Crippen LogP contribution in [0.2, 0.25) is 0 Å². The molecule has 0 aliphatic carbocycles. The molecule has 4 radical (unpaired) electrons. The predicted octanol–water partition coefficient (Wildman–Crippen LogP) is 4.94. The number of hydrogen-bond donors (Lipinski definition) is 0. The summed E-state index contributed by atoms with van der Waals surface area (Å²) in [6.45, 7) is 5.90. The molecule has 0 saturated carbocycles. The molecular formula is C15H19Cl4IrN4Pd. The number of aromatic nitrogens is 1. The zero-order valence-electron chi connectivity index (χ0n) is 13.7. The molecule has 4 nitrogen and oxygen atoms in total. The Morgan fingerprint density at radius 1 is 0.880 bits per heavy atom. The Balaban J connectivity index is 0. The molecule has 0 atom stereocenters. The van der Waals surface area contributed by atoms with Crippen LogP contribution in [-0.4, -0.2) is 41.0 Å². The van der Waals surface area contributed by atoms with Gasteiger partial charge in [-0.1, -0.05) is 6.07 Å². The Morgan fingerprint density at radius 3 is 1.40 bits per heavy atom. The Bertz CT molecular complexity index is 386. The average molecular weight is 696 g/mol. The maximum absolute atomic E-state index is 4.89. The number of pyridine rings is 1. The minimum Gasteiger partial charge on any atom is -0.265 e. The van der Waals surface area contributed by atoms with Gasteiger partial charge in [0.05, 0.1) is 0 Å². The van der Waals surface area contributed by atoms with Crippen molar-refractivity contribution in [1.29, 1.82) is 0 Å². The van der Waals surface area contributed by atoms with Crippen LogP contribution in [0.4, 0.5) is 0 Å². The molecule has 10 heteroatoms. The second kappa shape index (κ2) is 22.9. The van der Waals surface area contributed by atoms with Gasteiger partial charge >= 0.3 is 69.8 Å². The van der Waals surface area contributed by atoms with Crippen LogP contribution in [0.15, 0.2) is 60.9 Å². The SMILES string of the molecule is CN1[C]N(C)N(C)[C]1.[Cl][Ir+][Cl].[Cl][Pd][Cl].c1cc[cH-]c1.c1ccncc1. The second-order valence-electron chi connectivity index (χ2n) is 3.89. The molecule has 0 unspecified atom stereocenters. The minimum atomic E-state index is -0.556. The second-order valence-corrected chi connectivity index (χ2v) is 9.71. The van der Waals surface area contributed by atoms with E-state index >= 15 is 0 Å². The third-order valence-corrected chi connectivity index (χ3v) is 2.16. The molecule has 1 aliphatic heterocycles. The number of halogens is 4. The van der Waals surface area contributed by atoms with Crippen LogP contribution < -0.4 is 0 Å². The van der Waals surface area contributed by atoms with Crippen molar-refractivity contribution >= 4 is 38.2 Å². The van der Waals surface area contributed by atoms with Gasteiger partial charge in [0.2, 0.25) is 0 Å². The molecule has 0 N–H and O–H groups in total. The van der Waals surface area contributed by atoms with Gasteiger partial charge in [0.25, 0.3) is 0 Å². The Labute approximate surface area is 183 Å². The van der Waals surface area contributed by atoms with E-state index in [4.69, 9.17) is 38.2 Å². The monoisotopic (exact) mass is 694 g/mol. The van der Waals surface area contributed by atoms with Gasteiger partial charge in [0.15, 0.2) is 13.3 Å². The van der Waals surface area contributed by atoms with Gasteiger partial charge in [-0.3, -0.25) is 9.88 Å². The van der Waals surface area contributed by atoms with E-state index in [1.165, 1.54) is 0 Å². The van der Waals surface area contributed by atoms with E-state index in [2.05, 4.69) is 18.3 Å². The summed E-state index contributed by atoms with van der Waals surface area (Å²) in [6, 6.07) is 15.7. The fourth-order valence-corrected chi connectivity index (χ4v) is 1.22. The van der Waals surface area contributed by atoms with E-state index in [0.29, 0.717) is 0 Å². The third-order valence-electron chi connectivity index (χ3n) is 2.16. The van der Waals surface area contributed by atoms with Crippen molar-refractivity contribution < 1.29 is 31.6 Å². The first kappa shape index (κ1) is 28.1. The predicted molar refractivity (Wildman–Crippen MR) is 99.5 cm³/mol. The maximum atomic E-state index is 4.89. The van der Waals surface area contributed by atoms with Gasteiger partial charge in [-0.25, -0.2) is 22.2 Å². The third kappa shape index (κ3) is 22.8. The van der Waals surface area contributed by atoms with Crippen molar-refractivity contribution in [3.63, 3.8) is 0 Å². The van der Waals surface area contributed by atoms with E-state index < -0.39 is 15.7 Å². The molecule has 0 amide bonds. The van der Waals surface area contributed by atoms with Crippen LogP contribution in [0.1, 0.15) is 0 Å². The average Bonchev–Trinajstić information content (AvgIpc) is 3.26. The van der Waals surface area contributed by atoms with Crippen molar-refractivity contribution in [2.24, 2.45) is 0 Å². The van der Waals surface area contributed by atoms with Crippen LogP contribution in [0.5, 0.6) is 0 Å². The summed E-state index contributed by atoms with van der Waals surface area (Å²) in [4.78, 5) is 5.53. The zero-order chi connectivity index (χ0) is 19.3. The van der Waals surface area contributed by atoms with Crippen LogP contribution in [-0.2, 0) is 31.6 Å². The van der Waals surface area contributed by atoms with Gasteiger partial charge < -0.3 is 0 Å². The van der Waals surface area contributed by atoms with Crippen LogP contribution >= 0.6 is 38.2 Å². The van der Waals surface area contributed by atoms with Gasteiger partial charge in [-0.15, -0.1) is 0 Å². The Morgan fingerprint density at radius 2 is 1.28 bits per heavy atom. The van der Waals surface area contributed by atoms with Crippen molar-refractivity contribution in [3.05, 3.63) is 74.3 Å². The van der Waals surface area contributed by atoms with E-state index in [1.807, 2.05) is 79.7 Å². The minimum absolute atomic E-state index is 0.106. The topological polar surface area (TPSA) is 22.6 Å². The standard InChI is InChI=1S/C5H9N3.C5H5N.C5H5.4ClH.Ir.Pd/c1-6-4-7(2)8(3)5-6;1-2-4-6-5-3-1;1-2-4-5-3-1;;;;;;/h1-3H3;1-5H;1-5H;4*1H;;/q;;-1;;;;;+3;+2/p-4. The van der Waals surface area contributed by atoms with E-state index in [9.17, 15) is 0 Å². The van der Waals surface area contributed by atoms with Gasteiger partial charge in [-0.2, -0.15) is 18.2 Å². The maximum Gasteiger partial charge on any atom is 0.0267 e. The van der Waals surface area contributed by atoms with Crippen molar-refractivity contribution in [3.8, 4) is 0 Å². The number of rotatable bonds is 0. The van der Waals surface area contributed by atoms with Crippen molar-refractivity contribution in [2.75, 3.05) is 21.1 Å². The summed E-state index contributed by atoms with van der Waals surface area (Å²) in [7, 11) is 25.1. The first-order valence-electron chi connectivity index (χ1n) is 6.44. The summed E-state index contributed by atoms with van der Waals surface area (Å²) < 4.78 is 0. The van der Waals surface area contributed by atoms with Crippen LogP contribution in [0.3, 0.4) is 0 Å².